The third-order valence-electron chi connectivity index (χ3n) is 12.2. The van der Waals surface area contributed by atoms with Crippen molar-refractivity contribution in [2.75, 3.05) is 14.1 Å². The average Bonchev–Trinajstić information content (AvgIpc) is 3.02. The summed E-state index contributed by atoms with van der Waals surface area (Å²) in [4.78, 5) is 19.8. The molecule has 0 saturated carbocycles. The highest BCUT2D eigenvalue weighted by molar-refractivity contribution is 5.80. The lowest BCUT2D eigenvalue weighted by Crippen LogP contribution is -2.61. The molecule has 56 heavy (non-hydrogen) atoms. The van der Waals surface area contributed by atoms with Crippen LogP contribution in [0.3, 0.4) is 0 Å². The Hall–Kier alpha value is -2.49. The van der Waals surface area contributed by atoms with Crippen molar-refractivity contribution in [1.82, 2.24) is 9.80 Å². The van der Waals surface area contributed by atoms with Gasteiger partial charge in [-0.1, -0.05) is 94.9 Å². The molecule has 1 atom stereocenters. The van der Waals surface area contributed by atoms with Crippen LogP contribution in [0.4, 0.5) is 0 Å². The van der Waals surface area contributed by atoms with Gasteiger partial charge < -0.3 is 14.6 Å². The molecule has 6 heteroatoms. The Morgan fingerprint density at radius 2 is 1.12 bits per heavy atom. The fraction of sp³-hybridized carbons (Fsp3) is 0.780. The van der Waals surface area contributed by atoms with Gasteiger partial charge in [-0.25, -0.2) is 0 Å². The number of esters is 1. The first-order chi connectivity index (χ1) is 25.2. The number of nitrogens with zero attached hydrogens (tertiary/aromatic N) is 2. The van der Waals surface area contributed by atoms with Gasteiger partial charge >= 0.3 is 5.97 Å². The van der Waals surface area contributed by atoms with Gasteiger partial charge in [-0.15, -0.1) is 11.8 Å². The normalized spacial score (nSPS) is 20.9. The predicted octanol–water partition coefficient (Wildman–Crippen LogP) is 12.4. The molecule has 2 heterocycles. The maximum Gasteiger partial charge on any atom is 0.321 e. The second kappa shape index (κ2) is 19.1. The number of ether oxygens (including phenoxy) is 2. The molecule has 0 aromatic heterocycles. The Morgan fingerprint density at radius 1 is 0.786 bits per heavy atom. The Labute approximate surface area is 347 Å². The van der Waals surface area contributed by atoms with E-state index in [-0.39, 0.29) is 57.6 Å². The maximum absolute atomic E-state index is 15.0. The van der Waals surface area contributed by atoms with Crippen LogP contribution >= 0.6 is 0 Å². The molecule has 2 saturated heterocycles. The summed E-state index contributed by atoms with van der Waals surface area (Å²) < 4.78 is 13.5. The van der Waals surface area contributed by atoms with Crippen molar-refractivity contribution in [2.24, 2.45) is 11.3 Å². The number of carbonyl (C=O) groups excluding carboxylic acids is 1. The number of piperidine rings is 2. The summed E-state index contributed by atoms with van der Waals surface area (Å²) in [6.07, 6.45) is 4.00. The van der Waals surface area contributed by atoms with Crippen molar-refractivity contribution in [3.63, 3.8) is 0 Å². The summed E-state index contributed by atoms with van der Waals surface area (Å²) in [5.74, 6) is 7.67. The molecule has 6 nitrogen and oxygen atoms in total. The Kier molecular flexibility index (Phi) is 17.5. The number of aryl methyl sites for hydroxylation is 1. The van der Waals surface area contributed by atoms with Crippen LogP contribution in [0.15, 0.2) is 24.5 Å². The van der Waals surface area contributed by atoms with E-state index >= 15 is 0 Å². The molecule has 1 N–H and O–H groups in total. The zero-order chi connectivity index (χ0) is 44.0. The van der Waals surface area contributed by atoms with Crippen LogP contribution in [0, 0.1) is 23.2 Å². The smallest absolute Gasteiger partial charge is 0.321 e. The molecule has 3 rings (SSSR count). The lowest BCUT2D eigenvalue weighted by Gasteiger charge is -2.54. The van der Waals surface area contributed by atoms with Gasteiger partial charge in [-0.05, 0) is 123 Å². The third kappa shape index (κ3) is 13.0. The molecule has 0 amide bonds. The van der Waals surface area contributed by atoms with E-state index in [0.717, 1.165) is 48.3 Å². The van der Waals surface area contributed by atoms with Crippen LogP contribution in [0.2, 0.25) is 0 Å². The molecular weight excluding hydrogens is 693 g/mol. The summed E-state index contributed by atoms with van der Waals surface area (Å²) in [5, 5.41) is 11.4. The topological polar surface area (TPSA) is 62.2 Å². The number of hydrogen-bond acceptors (Lipinski definition) is 6. The molecule has 1 unspecified atom stereocenters. The maximum atomic E-state index is 15.0. The lowest BCUT2D eigenvalue weighted by atomic mass is 9.74. The minimum atomic E-state index is -1.18. The highest BCUT2D eigenvalue weighted by Gasteiger charge is 2.51. The van der Waals surface area contributed by atoms with Gasteiger partial charge in [-0.2, -0.15) is 0 Å². The molecule has 1 aromatic rings. The van der Waals surface area contributed by atoms with Gasteiger partial charge in [0.25, 0.3) is 0 Å². The fourth-order valence-electron chi connectivity index (χ4n) is 8.50. The average molecular weight is 781 g/mol. The summed E-state index contributed by atoms with van der Waals surface area (Å²) in [6, 6.07) is 4.22. The van der Waals surface area contributed by atoms with Gasteiger partial charge in [0.2, 0.25) is 0 Å². The van der Waals surface area contributed by atoms with E-state index in [4.69, 9.17) is 9.47 Å². The molecule has 0 spiro atoms. The van der Waals surface area contributed by atoms with E-state index in [1.165, 1.54) is 0 Å². The Morgan fingerprint density at radius 3 is 1.45 bits per heavy atom. The number of benzene rings is 1. The number of carbonyl (C=O) groups is 1. The van der Waals surface area contributed by atoms with Gasteiger partial charge in [0, 0.05) is 54.3 Å². The Bertz CT molecular complexity index is 1390. The predicted molar refractivity (Wildman–Crippen MR) is 240 cm³/mol. The number of likely N-dealkylation sites (tertiary alicyclic amines) is 2. The first kappa shape index (κ1) is 51.5. The standard InChI is InChI=1S/C44H72N2O4.C4H10.C2H6/c1-19-20-22-44(30(2)49-32-26-40(9,10)45(17)41(11,12)27-32,37(48)50-33-28-42(13,14)46(18)43(15,16)29-33)23-21-31-24-34(38(3,4)5)36(47)35(25-31)39(6,7)8;1-4(2)3;1-2/h24-25,32-33,47H,2,21-23,26-29H2,1,3-18H3;4H,1-3H3;1-2H3. The molecule has 2 fully saturated rings. The minimum absolute atomic E-state index is 0.0941. The van der Waals surface area contributed by atoms with Crippen molar-refractivity contribution < 1.29 is 19.4 Å². The van der Waals surface area contributed by atoms with Crippen LogP contribution in [-0.2, 0) is 31.5 Å². The van der Waals surface area contributed by atoms with Crippen molar-refractivity contribution in [3.05, 3.63) is 41.2 Å². The number of hydrogen-bond donors (Lipinski definition) is 1. The summed E-state index contributed by atoms with van der Waals surface area (Å²) >= 11 is 0. The second-order valence-electron chi connectivity index (χ2n) is 21.8. The van der Waals surface area contributed by atoms with E-state index in [9.17, 15) is 9.90 Å². The van der Waals surface area contributed by atoms with E-state index in [1.54, 1.807) is 0 Å². The molecule has 0 aliphatic carbocycles. The number of phenols is 1. The summed E-state index contributed by atoms with van der Waals surface area (Å²) in [6.45, 7) is 47.5. The van der Waals surface area contributed by atoms with Crippen molar-refractivity contribution in [3.8, 4) is 17.6 Å². The van der Waals surface area contributed by atoms with Crippen LogP contribution < -0.4 is 0 Å². The zero-order valence-corrected chi connectivity index (χ0v) is 40.6. The molecule has 0 bridgehead atoms. The van der Waals surface area contributed by atoms with Crippen molar-refractivity contribution in [1.29, 1.82) is 0 Å². The number of rotatable bonds is 9. The van der Waals surface area contributed by atoms with E-state index in [2.05, 4.69) is 172 Å². The van der Waals surface area contributed by atoms with Crippen LogP contribution in [0.25, 0.3) is 0 Å². The molecule has 0 radical (unpaired) electrons. The highest BCUT2D eigenvalue weighted by Crippen LogP contribution is 2.46. The van der Waals surface area contributed by atoms with E-state index < -0.39 is 5.41 Å². The second-order valence-corrected chi connectivity index (χ2v) is 21.8. The molecule has 322 valence electrons. The van der Waals surface area contributed by atoms with Crippen LogP contribution in [0.1, 0.15) is 194 Å². The monoisotopic (exact) mass is 781 g/mol. The van der Waals surface area contributed by atoms with Gasteiger partial charge in [0.1, 0.15) is 29.1 Å². The third-order valence-corrected chi connectivity index (χ3v) is 12.2. The quantitative estimate of drug-likeness (QED) is 0.153. The first-order valence-corrected chi connectivity index (χ1v) is 21.5. The largest absolute Gasteiger partial charge is 0.507 e. The molecule has 1 aromatic carbocycles. The molecular formula is C50H88N2O4. The number of phenolic OH excluding ortho intramolecular Hbond substituents is 1. The zero-order valence-electron chi connectivity index (χ0n) is 40.6. The van der Waals surface area contributed by atoms with Crippen LogP contribution in [0.5, 0.6) is 5.75 Å². The highest BCUT2D eigenvalue weighted by atomic mass is 16.6. The van der Waals surface area contributed by atoms with E-state index in [1.807, 2.05) is 20.8 Å². The van der Waals surface area contributed by atoms with Crippen molar-refractivity contribution >= 4 is 5.97 Å². The SMILES string of the molecule is C=C(OC1CC(C)(C)N(C)C(C)(C)C1)C(CC#CC)(CCc1cc(C(C)(C)C)c(O)c(C(C)(C)C)c1)C(=O)OC1CC(C)(C)N(C)C(C)(C)C1.CC.CC(C)C. The minimum Gasteiger partial charge on any atom is -0.507 e. The molecule has 2 aliphatic heterocycles. The Balaban J connectivity index is 0.00000245. The molecule has 2 aliphatic rings. The van der Waals surface area contributed by atoms with Gasteiger partial charge in [0.15, 0.2) is 0 Å². The van der Waals surface area contributed by atoms with Gasteiger partial charge in [0.05, 0.1) is 0 Å². The summed E-state index contributed by atoms with van der Waals surface area (Å²) in [5.41, 5.74) is 0.690. The summed E-state index contributed by atoms with van der Waals surface area (Å²) in [7, 11) is 4.35. The fourth-order valence-corrected chi connectivity index (χ4v) is 8.50. The first-order valence-electron chi connectivity index (χ1n) is 21.5. The van der Waals surface area contributed by atoms with Crippen molar-refractivity contribution in [2.45, 2.75) is 229 Å². The number of aromatic hydroxyl groups is 1. The lowest BCUT2D eigenvalue weighted by molar-refractivity contribution is -0.172. The van der Waals surface area contributed by atoms with E-state index in [0.29, 0.717) is 24.4 Å². The van der Waals surface area contributed by atoms with Crippen LogP contribution in [-0.4, -0.2) is 69.3 Å². The van der Waals surface area contributed by atoms with Gasteiger partial charge in [-0.3, -0.25) is 14.6 Å².